The molecule has 0 aromatic rings. The SMILES string of the molecule is CCCN(CCC)S(=O)(=O)N1CCCC(CN)C1. The van der Waals surface area contributed by atoms with Crippen molar-refractivity contribution in [2.75, 3.05) is 32.7 Å². The van der Waals surface area contributed by atoms with Crippen LogP contribution in [0.3, 0.4) is 0 Å². The number of piperidine rings is 1. The van der Waals surface area contributed by atoms with E-state index in [1.165, 1.54) is 0 Å². The van der Waals surface area contributed by atoms with E-state index in [1.54, 1.807) is 8.61 Å². The topological polar surface area (TPSA) is 66.6 Å². The second kappa shape index (κ2) is 7.43. The van der Waals surface area contributed by atoms with Gasteiger partial charge in [-0.05, 0) is 38.1 Å². The van der Waals surface area contributed by atoms with Crippen molar-refractivity contribution in [3.05, 3.63) is 0 Å². The number of nitrogens with two attached hydrogens (primary N) is 1. The van der Waals surface area contributed by atoms with Gasteiger partial charge in [-0.25, -0.2) is 0 Å². The molecule has 0 aromatic heterocycles. The molecule has 2 N–H and O–H groups in total. The molecule has 1 saturated heterocycles. The third-order valence-corrected chi connectivity index (χ3v) is 5.42. The summed E-state index contributed by atoms with van der Waals surface area (Å²) in [5, 5.41) is 0. The van der Waals surface area contributed by atoms with Crippen LogP contribution in [-0.4, -0.2) is 49.8 Å². The molecular formula is C12H27N3O2S. The molecule has 1 aliphatic heterocycles. The highest BCUT2D eigenvalue weighted by Gasteiger charge is 2.32. The Morgan fingerprint density at radius 3 is 2.39 bits per heavy atom. The van der Waals surface area contributed by atoms with Gasteiger partial charge in [0.15, 0.2) is 0 Å². The van der Waals surface area contributed by atoms with Gasteiger partial charge in [0, 0.05) is 26.2 Å². The molecule has 108 valence electrons. The Kier molecular flexibility index (Phi) is 6.55. The molecule has 1 unspecified atom stereocenters. The highest BCUT2D eigenvalue weighted by atomic mass is 32.2. The highest BCUT2D eigenvalue weighted by Crippen LogP contribution is 2.20. The minimum Gasteiger partial charge on any atom is -0.330 e. The van der Waals surface area contributed by atoms with E-state index >= 15 is 0 Å². The molecule has 0 aliphatic carbocycles. The molecule has 0 amide bonds. The van der Waals surface area contributed by atoms with Crippen LogP contribution in [0.25, 0.3) is 0 Å². The van der Waals surface area contributed by atoms with Gasteiger partial charge in [-0.3, -0.25) is 0 Å². The summed E-state index contributed by atoms with van der Waals surface area (Å²) in [5.74, 6) is 0.318. The summed E-state index contributed by atoms with van der Waals surface area (Å²) in [5.41, 5.74) is 5.67. The standard InChI is InChI=1S/C12H27N3O2S/c1-3-7-14(8-4-2)18(16,17)15-9-5-6-12(10-13)11-15/h12H,3-11,13H2,1-2H3. The Labute approximate surface area is 112 Å². The van der Waals surface area contributed by atoms with Crippen molar-refractivity contribution in [3.8, 4) is 0 Å². The maximum atomic E-state index is 12.5. The normalized spacial score (nSPS) is 22.6. The lowest BCUT2D eigenvalue weighted by Crippen LogP contribution is -2.49. The number of hydrogen-bond donors (Lipinski definition) is 1. The van der Waals surface area contributed by atoms with Crippen molar-refractivity contribution in [3.63, 3.8) is 0 Å². The summed E-state index contributed by atoms with van der Waals surface area (Å²) >= 11 is 0. The molecule has 0 saturated carbocycles. The van der Waals surface area contributed by atoms with Gasteiger partial charge in [-0.15, -0.1) is 0 Å². The molecule has 0 aromatic carbocycles. The highest BCUT2D eigenvalue weighted by molar-refractivity contribution is 7.86. The van der Waals surface area contributed by atoms with Crippen LogP contribution in [0.1, 0.15) is 39.5 Å². The molecule has 0 bridgehead atoms. The van der Waals surface area contributed by atoms with Crippen molar-refractivity contribution < 1.29 is 8.42 Å². The molecule has 1 atom stereocenters. The third kappa shape index (κ3) is 3.91. The zero-order valence-electron chi connectivity index (χ0n) is 11.6. The molecule has 6 heteroatoms. The Morgan fingerprint density at radius 2 is 1.89 bits per heavy atom. The summed E-state index contributed by atoms with van der Waals surface area (Å²) in [6, 6.07) is 0. The van der Waals surface area contributed by atoms with Gasteiger partial charge in [-0.2, -0.15) is 17.0 Å². The minimum absolute atomic E-state index is 0.318. The molecule has 1 aliphatic rings. The fraction of sp³-hybridized carbons (Fsp3) is 1.00. The first-order valence-electron chi connectivity index (χ1n) is 7.01. The van der Waals surface area contributed by atoms with E-state index < -0.39 is 10.2 Å². The Hall–Kier alpha value is -0.170. The molecular weight excluding hydrogens is 250 g/mol. The summed E-state index contributed by atoms with van der Waals surface area (Å²) < 4.78 is 28.3. The van der Waals surface area contributed by atoms with Crippen molar-refractivity contribution in [1.82, 2.24) is 8.61 Å². The molecule has 18 heavy (non-hydrogen) atoms. The smallest absolute Gasteiger partial charge is 0.281 e. The minimum atomic E-state index is -3.28. The summed E-state index contributed by atoms with van der Waals surface area (Å²) in [6.07, 6.45) is 3.68. The fourth-order valence-corrected chi connectivity index (χ4v) is 4.35. The van der Waals surface area contributed by atoms with Gasteiger partial charge >= 0.3 is 0 Å². The average Bonchev–Trinajstić information content (AvgIpc) is 2.38. The second-order valence-corrected chi connectivity index (χ2v) is 6.94. The molecule has 1 rings (SSSR count). The van der Waals surface area contributed by atoms with Crippen LogP contribution in [0.4, 0.5) is 0 Å². The zero-order valence-corrected chi connectivity index (χ0v) is 12.5. The van der Waals surface area contributed by atoms with Crippen LogP contribution in [0.2, 0.25) is 0 Å². The predicted octanol–water partition coefficient (Wildman–Crippen LogP) is 1.02. The van der Waals surface area contributed by atoms with Gasteiger partial charge in [0.25, 0.3) is 10.2 Å². The second-order valence-electron chi connectivity index (χ2n) is 5.01. The van der Waals surface area contributed by atoms with Crippen LogP contribution in [0, 0.1) is 5.92 Å². The summed E-state index contributed by atoms with van der Waals surface area (Å²) in [6.45, 7) is 7.05. The maximum absolute atomic E-state index is 12.5. The lowest BCUT2D eigenvalue weighted by molar-refractivity contribution is 0.250. The molecule has 1 heterocycles. The van der Waals surface area contributed by atoms with Crippen LogP contribution in [0.15, 0.2) is 0 Å². The van der Waals surface area contributed by atoms with Crippen molar-refractivity contribution in [2.24, 2.45) is 11.7 Å². The molecule has 0 radical (unpaired) electrons. The van der Waals surface area contributed by atoms with Gasteiger partial charge in [0.1, 0.15) is 0 Å². The monoisotopic (exact) mass is 277 g/mol. The quantitative estimate of drug-likeness (QED) is 0.755. The van der Waals surface area contributed by atoms with Crippen molar-refractivity contribution in [2.45, 2.75) is 39.5 Å². The van der Waals surface area contributed by atoms with E-state index in [9.17, 15) is 8.42 Å². The third-order valence-electron chi connectivity index (χ3n) is 3.41. The van der Waals surface area contributed by atoms with Crippen molar-refractivity contribution >= 4 is 10.2 Å². The van der Waals surface area contributed by atoms with E-state index in [-0.39, 0.29) is 0 Å². The van der Waals surface area contributed by atoms with Gasteiger partial charge in [0.05, 0.1) is 0 Å². The van der Waals surface area contributed by atoms with E-state index in [0.717, 1.165) is 25.7 Å². The maximum Gasteiger partial charge on any atom is 0.281 e. The van der Waals surface area contributed by atoms with E-state index in [0.29, 0.717) is 38.6 Å². The fourth-order valence-electron chi connectivity index (χ4n) is 2.43. The number of rotatable bonds is 7. The van der Waals surface area contributed by atoms with Crippen molar-refractivity contribution in [1.29, 1.82) is 0 Å². The summed E-state index contributed by atoms with van der Waals surface area (Å²) in [7, 11) is -3.28. The van der Waals surface area contributed by atoms with E-state index in [1.807, 2.05) is 13.8 Å². The molecule has 5 nitrogen and oxygen atoms in total. The Balaban J connectivity index is 2.75. The lowest BCUT2D eigenvalue weighted by Gasteiger charge is -2.35. The average molecular weight is 277 g/mol. The van der Waals surface area contributed by atoms with Crippen LogP contribution < -0.4 is 5.73 Å². The largest absolute Gasteiger partial charge is 0.330 e. The predicted molar refractivity (Wildman–Crippen MR) is 74.4 cm³/mol. The van der Waals surface area contributed by atoms with Gasteiger partial charge in [0.2, 0.25) is 0 Å². The van der Waals surface area contributed by atoms with Crippen LogP contribution >= 0.6 is 0 Å². The zero-order chi connectivity index (χ0) is 13.6. The lowest BCUT2D eigenvalue weighted by atomic mass is 10.0. The summed E-state index contributed by atoms with van der Waals surface area (Å²) in [4.78, 5) is 0. The van der Waals surface area contributed by atoms with E-state index in [2.05, 4.69) is 0 Å². The van der Waals surface area contributed by atoms with E-state index in [4.69, 9.17) is 5.73 Å². The molecule has 0 spiro atoms. The number of nitrogens with zero attached hydrogens (tertiary/aromatic N) is 2. The first-order valence-corrected chi connectivity index (χ1v) is 8.41. The van der Waals surface area contributed by atoms with Crippen LogP contribution in [-0.2, 0) is 10.2 Å². The number of hydrogen-bond acceptors (Lipinski definition) is 3. The van der Waals surface area contributed by atoms with Crippen LogP contribution in [0.5, 0.6) is 0 Å². The van der Waals surface area contributed by atoms with Gasteiger partial charge in [-0.1, -0.05) is 13.8 Å². The first kappa shape index (κ1) is 15.9. The van der Waals surface area contributed by atoms with Gasteiger partial charge < -0.3 is 5.73 Å². The first-order chi connectivity index (χ1) is 8.56. The molecule has 1 fully saturated rings. The Bertz CT molecular complexity index is 326. The Morgan fingerprint density at radius 1 is 1.28 bits per heavy atom.